The van der Waals surface area contributed by atoms with Crippen LogP contribution in [0, 0.1) is 30.9 Å². The van der Waals surface area contributed by atoms with Gasteiger partial charge in [-0.3, -0.25) is 24.3 Å². The molecule has 2 heterocycles. The molecule has 0 saturated heterocycles. The Bertz CT molecular complexity index is 1060. The highest BCUT2D eigenvalue weighted by atomic mass is 35.5. The molecule has 1 N–H and O–H groups in total. The van der Waals surface area contributed by atoms with Crippen molar-refractivity contribution in [1.29, 1.82) is 0 Å². The van der Waals surface area contributed by atoms with Gasteiger partial charge in [0.25, 0.3) is 0 Å². The van der Waals surface area contributed by atoms with Gasteiger partial charge >= 0.3 is 5.69 Å². The molecule has 0 radical (unpaired) electrons. The summed E-state index contributed by atoms with van der Waals surface area (Å²) in [7, 11) is 0. The Morgan fingerprint density at radius 2 is 1.96 bits per heavy atom. The first-order valence-electron chi connectivity index (χ1n) is 8.51. The molecule has 3 aromatic rings. The van der Waals surface area contributed by atoms with Crippen molar-refractivity contribution in [2.45, 2.75) is 33.9 Å². The van der Waals surface area contributed by atoms with Gasteiger partial charge in [0.05, 0.1) is 11.5 Å². The van der Waals surface area contributed by atoms with Crippen LogP contribution in [0.3, 0.4) is 0 Å². The number of amides is 1. The maximum atomic E-state index is 12.3. The lowest BCUT2D eigenvalue weighted by Gasteiger charge is -2.05. The number of benzene rings is 1. The van der Waals surface area contributed by atoms with E-state index >= 15 is 0 Å². The molecule has 0 aliphatic heterocycles. The van der Waals surface area contributed by atoms with Crippen molar-refractivity contribution < 1.29 is 9.72 Å². The number of carbonyl (C=O) groups is 1. The van der Waals surface area contributed by atoms with Crippen LogP contribution in [-0.2, 0) is 17.9 Å². The molecule has 0 unspecified atom stereocenters. The number of nitrogens with one attached hydrogen (secondary N) is 1. The first kappa shape index (κ1) is 19.6. The number of hydrogen-bond acceptors (Lipinski definition) is 5. The van der Waals surface area contributed by atoms with Crippen molar-refractivity contribution in [3.63, 3.8) is 0 Å². The molecule has 0 aliphatic carbocycles. The van der Waals surface area contributed by atoms with E-state index in [-0.39, 0.29) is 23.8 Å². The molecular formula is C18H19ClN6O3. The third-order valence-electron chi connectivity index (χ3n) is 4.29. The largest absolute Gasteiger partial charge is 0.312 e. The maximum absolute atomic E-state index is 12.3. The summed E-state index contributed by atoms with van der Waals surface area (Å²) >= 11 is 6.01. The van der Waals surface area contributed by atoms with Gasteiger partial charge in [0.1, 0.15) is 17.9 Å². The van der Waals surface area contributed by atoms with Gasteiger partial charge in [-0.05, 0) is 38.5 Å². The maximum Gasteiger partial charge on any atom is 0.312 e. The lowest BCUT2D eigenvalue weighted by Crippen LogP contribution is -2.20. The van der Waals surface area contributed by atoms with Crippen molar-refractivity contribution >= 4 is 29.0 Å². The van der Waals surface area contributed by atoms with Gasteiger partial charge in [-0.25, -0.2) is 0 Å². The minimum Gasteiger partial charge on any atom is -0.308 e. The molecule has 0 atom stereocenters. The van der Waals surface area contributed by atoms with Crippen molar-refractivity contribution in [3.8, 4) is 0 Å². The van der Waals surface area contributed by atoms with Gasteiger partial charge in [-0.15, -0.1) is 0 Å². The fraction of sp³-hybridized carbons (Fsp3) is 0.278. The van der Waals surface area contributed by atoms with Crippen molar-refractivity contribution in [2.75, 3.05) is 5.32 Å². The number of nitro groups is 1. The highest BCUT2D eigenvalue weighted by Crippen LogP contribution is 2.21. The van der Waals surface area contributed by atoms with Crippen molar-refractivity contribution in [3.05, 3.63) is 68.1 Å². The second kappa shape index (κ2) is 7.81. The quantitative estimate of drug-likeness (QED) is 0.503. The molecular weight excluding hydrogens is 384 g/mol. The van der Waals surface area contributed by atoms with Gasteiger partial charge in [-0.1, -0.05) is 23.7 Å². The van der Waals surface area contributed by atoms with E-state index in [9.17, 15) is 14.9 Å². The summed E-state index contributed by atoms with van der Waals surface area (Å²) in [6.07, 6.45) is 0. The van der Waals surface area contributed by atoms with E-state index in [4.69, 9.17) is 11.6 Å². The van der Waals surface area contributed by atoms with Crippen LogP contribution in [-0.4, -0.2) is 30.4 Å². The normalized spacial score (nSPS) is 10.9. The average Bonchev–Trinajstić information content (AvgIpc) is 3.06. The molecule has 10 heteroatoms. The number of aromatic nitrogens is 4. The molecule has 0 bridgehead atoms. The first-order valence-corrected chi connectivity index (χ1v) is 8.89. The zero-order valence-electron chi connectivity index (χ0n) is 15.6. The van der Waals surface area contributed by atoms with Gasteiger partial charge in [0.2, 0.25) is 5.91 Å². The predicted octanol–water partition coefficient (Wildman–Crippen LogP) is 3.25. The van der Waals surface area contributed by atoms with Crippen LogP contribution < -0.4 is 5.32 Å². The van der Waals surface area contributed by atoms with Crippen LogP contribution in [0.25, 0.3) is 0 Å². The molecule has 146 valence electrons. The summed E-state index contributed by atoms with van der Waals surface area (Å²) in [5, 5.41) is 22.9. The lowest BCUT2D eigenvalue weighted by atomic mass is 10.2. The Balaban J connectivity index is 1.70. The Labute approximate surface area is 166 Å². The minimum atomic E-state index is -0.493. The van der Waals surface area contributed by atoms with E-state index in [1.165, 1.54) is 4.68 Å². The number of hydrogen-bond donors (Lipinski definition) is 1. The highest BCUT2D eigenvalue weighted by Gasteiger charge is 2.23. The molecule has 28 heavy (non-hydrogen) atoms. The Morgan fingerprint density at radius 1 is 1.21 bits per heavy atom. The zero-order valence-corrected chi connectivity index (χ0v) is 16.4. The standard InChI is InChI=1S/C18H19ClN6O3/c1-11-7-16(22-23(11)9-14-5-4-6-15(19)8-14)20-17(26)10-24-13(3)18(25(27)28)12(2)21-24/h4-8H,9-10H2,1-3H3,(H,20,22,26). The van der Waals surface area contributed by atoms with E-state index in [1.807, 2.05) is 25.1 Å². The van der Waals surface area contributed by atoms with Crippen LogP contribution in [0.1, 0.15) is 22.6 Å². The molecule has 1 amide bonds. The molecule has 1 aromatic carbocycles. The number of anilines is 1. The van der Waals surface area contributed by atoms with E-state index in [0.29, 0.717) is 23.1 Å². The summed E-state index contributed by atoms with van der Waals surface area (Å²) in [6.45, 7) is 5.37. The minimum absolute atomic E-state index is 0.0746. The first-order chi connectivity index (χ1) is 13.2. The van der Waals surface area contributed by atoms with Crippen LogP contribution in [0.4, 0.5) is 11.5 Å². The Hall–Kier alpha value is -3.20. The number of carbonyl (C=O) groups excluding carboxylic acids is 1. The van der Waals surface area contributed by atoms with Gasteiger partial charge in [-0.2, -0.15) is 10.2 Å². The fourth-order valence-electron chi connectivity index (χ4n) is 2.96. The monoisotopic (exact) mass is 402 g/mol. The number of aryl methyl sites for hydroxylation is 2. The van der Waals surface area contributed by atoms with Crippen LogP contribution >= 0.6 is 11.6 Å². The van der Waals surface area contributed by atoms with Gasteiger partial charge in [0, 0.05) is 16.8 Å². The average molecular weight is 403 g/mol. The topological polar surface area (TPSA) is 108 Å². The third kappa shape index (κ3) is 4.20. The number of nitrogens with zero attached hydrogens (tertiary/aromatic N) is 5. The predicted molar refractivity (Wildman–Crippen MR) is 105 cm³/mol. The summed E-state index contributed by atoms with van der Waals surface area (Å²) in [4.78, 5) is 22.9. The molecule has 3 rings (SSSR count). The zero-order chi connectivity index (χ0) is 20.4. The summed E-state index contributed by atoms with van der Waals surface area (Å²) in [6, 6.07) is 9.23. The van der Waals surface area contributed by atoms with Gasteiger partial charge < -0.3 is 5.32 Å². The molecule has 0 fully saturated rings. The molecule has 9 nitrogen and oxygen atoms in total. The molecule has 0 aliphatic rings. The van der Waals surface area contributed by atoms with Crippen LogP contribution in [0.5, 0.6) is 0 Å². The summed E-state index contributed by atoms with van der Waals surface area (Å²) < 4.78 is 3.08. The Morgan fingerprint density at radius 3 is 2.61 bits per heavy atom. The van der Waals surface area contributed by atoms with E-state index in [1.54, 1.807) is 30.7 Å². The molecule has 2 aromatic heterocycles. The summed E-state index contributed by atoms with van der Waals surface area (Å²) in [5.74, 6) is 0.0356. The van der Waals surface area contributed by atoms with E-state index in [0.717, 1.165) is 11.3 Å². The molecule has 0 saturated carbocycles. The Kier molecular flexibility index (Phi) is 5.46. The number of halogens is 1. The summed E-state index contributed by atoms with van der Waals surface area (Å²) in [5.41, 5.74) is 2.40. The van der Waals surface area contributed by atoms with Gasteiger partial charge in [0.15, 0.2) is 5.82 Å². The third-order valence-corrected chi connectivity index (χ3v) is 4.52. The van der Waals surface area contributed by atoms with Crippen LogP contribution in [0.15, 0.2) is 30.3 Å². The fourth-order valence-corrected chi connectivity index (χ4v) is 3.18. The SMILES string of the molecule is Cc1nn(CC(=O)Nc2cc(C)n(Cc3cccc(Cl)c3)n2)c(C)c1[N+](=O)[O-]. The van der Waals surface area contributed by atoms with Crippen LogP contribution in [0.2, 0.25) is 5.02 Å². The molecule has 0 spiro atoms. The van der Waals surface area contributed by atoms with Crippen molar-refractivity contribution in [2.24, 2.45) is 0 Å². The second-order valence-electron chi connectivity index (χ2n) is 6.44. The smallest absolute Gasteiger partial charge is 0.308 e. The highest BCUT2D eigenvalue weighted by molar-refractivity contribution is 6.30. The second-order valence-corrected chi connectivity index (χ2v) is 6.88. The van der Waals surface area contributed by atoms with E-state index < -0.39 is 4.92 Å². The number of rotatable bonds is 6. The van der Waals surface area contributed by atoms with Crippen molar-refractivity contribution in [1.82, 2.24) is 19.6 Å². The van der Waals surface area contributed by atoms with E-state index in [2.05, 4.69) is 15.5 Å². The lowest BCUT2D eigenvalue weighted by molar-refractivity contribution is -0.386.